The van der Waals surface area contributed by atoms with Gasteiger partial charge in [0.15, 0.2) is 5.75 Å². The highest BCUT2D eigenvalue weighted by Gasteiger charge is 2.26. The fourth-order valence-electron chi connectivity index (χ4n) is 3.71. The average Bonchev–Trinajstić information content (AvgIpc) is 3.05. The fourth-order valence-corrected chi connectivity index (χ4v) is 4.34. The number of nitrogens with zero attached hydrogens (tertiary/aromatic N) is 4. The Morgan fingerprint density at radius 2 is 2.07 bits per heavy atom. The van der Waals surface area contributed by atoms with Crippen molar-refractivity contribution in [3.63, 3.8) is 0 Å². The number of allylic oxidation sites excluding steroid dienone is 4. The summed E-state index contributed by atoms with van der Waals surface area (Å²) in [6.45, 7) is 5.39. The lowest BCUT2D eigenvalue weighted by Gasteiger charge is -2.28. The molecule has 150 valence electrons. The van der Waals surface area contributed by atoms with Crippen LogP contribution >= 0.6 is 23.2 Å². The van der Waals surface area contributed by atoms with E-state index in [9.17, 15) is 0 Å². The van der Waals surface area contributed by atoms with Crippen molar-refractivity contribution in [2.75, 3.05) is 6.54 Å². The topological polar surface area (TPSA) is 54.1 Å². The zero-order valence-corrected chi connectivity index (χ0v) is 17.7. The van der Waals surface area contributed by atoms with Gasteiger partial charge in [0.05, 0.1) is 29.2 Å². The summed E-state index contributed by atoms with van der Waals surface area (Å²) >= 11 is 12.4. The van der Waals surface area contributed by atoms with Crippen LogP contribution in [-0.4, -0.2) is 26.6 Å². The number of alkyl halides is 1. The quantitative estimate of drug-likeness (QED) is 0.645. The molecule has 1 atom stereocenters. The average molecular weight is 429 g/mol. The number of fused-ring (bicyclic) bond motifs is 1. The van der Waals surface area contributed by atoms with Crippen molar-refractivity contribution in [3.05, 3.63) is 69.7 Å². The van der Waals surface area contributed by atoms with Crippen LogP contribution in [0.4, 0.5) is 0 Å². The second kappa shape index (κ2) is 8.62. The molecule has 0 saturated carbocycles. The van der Waals surface area contributed by atoms with E-state index in [1.807, 2.05) is 36.4 Å². The molecule has 2 aromatic rings. The molecule has 0 radical (unpaired) electrons. The zero-order chi connectivity index (χ0) is 20.4. The Morgan fingerprint density at radius 1 is 1.28 bits per heavy atom. The minimum Gasteiger partial charge on any atom is -0.458 e. The largest absolute Gasteiger partial charge is 0.458 e. The molecule has 1 aromatic heterocycles. The third-order valence-corrected chi connectivity index (χ3v) is 5.69. The number of aromatic nitrogens is 2. The lowest BCUT2D eigenvalue weighted by Crippen LogP contribution is -2.33. The van der Waals surface area contributed by atoms with Crippen LogP contribution in [0.1, 0.15) is 35.9 Å². The van der Waals surface area contributed by atoms with Gasteiger partial charge in [0.1, 0.15) is 11.5 Å². The van der Waals surface area contributed by atoms with E-state index in [-0.39, 0.29) is 5.38 Å². The zero-order valence-electron chi connectivity index (χ0n) is 16.2. The molecule has 1 unspecified atom stereocenters. The Bertz CT molecular complexity index is 1000. The van der Waals surface area contributed by atoms with Gasteiger partial charge in [0.25, 0.3) is 0 Å². The predicted octanol–water partition coefficient (Wildman–Crippen LogP) is 4.73. The van der Waals surface area contributed by atoms with Crippen molar-refractivity contribution in [3.8, 4) is 11.8 Å². The van der Waals surface area contributed by atoms with Crippen LogP contribution in [0, 0.1) is 11.3 Å². The summed E-state index contributed by atoms with van der Waals surface area (Å²) in [4.78, 5) is 2.37. The number of hydrogen-bond donors (Lipinski definition) is 0. The van der Waals surface area contributed by atoms with Gasteiger partial charge in [-0.1, -0.05) is 30.7 Å². The van der Waals surface area contributed by atoms with Gasteiger partial charge < -0.3 is 4.74 Å². The molecule has 1 aliphatic carbocycles. The van der Waals surface area contributed by atoms with Gasteiger partial charge in [-0.2, -0.15) is 10.4 Å². The lowest BCUT2D eigenvalue weighted by atomic mass is 10.1. The second-order valence-electron chi connectivity index (χ2n) is 7.30. The van der Waals surface area contributed by atoms with Crippen molar-refractivity contribution in [2.24, 2.45) is 0 Å². The first-order valence-corrected chi connectivity index (χ1v) is 10.6. The molecule has 1 aromatic carbocycles. The maximum Gasteiger partial charge on any atom is 0.172 e. The molecule has 0 fully saturated rings. The highest BCUT2D eigenvalue weighted by Crippen LogP contribution is 2.33. The molecule has 29 heavy (non-hydrogen) atoms. The number of hydrogen-bond acceptors (Lipinski definition) is 4. The number of ether oxygens (including phenoxy) is 1. The molecule has 2 heterocycles. The summed E-state index contributed by atoms with van der Waals surface area (Å²) in [6, 6.07) is 9.92. The van der Waals surface area contributed by atoms with E-state index in [1.165, 1.54) is 5.56 Å². The first-order valence-electron chi connectivity index (χ1n) is 9.75. The monoisotopic (exact) mass is 428 g/mol. The molecule has 4 rings (SSSR count). The van der Waals surface area contributed by atoms with Gasteiger partial charge in [-0.05, 0) is 36.3 Å². The number of halogens is 2. The molecule has 0 bridgehead atoms. The molecular formula is C22H22Cl2N4O. The van der Waals surface area contributed by atoms with Crippen molar-refractivity contribution in [1.82, 2.24) is 14.7 Å². The van der Waals surface area contributed by atoms with Crippen molar-refractivity contribution in [1.29, 1.82) is 5.26 Å². The number of aryl methyl sites for hydroxylation is 1. The Morgan fingerprint density at radius 3 is 2.76 bits per heavy atom. The standard InChI is InChI=1S/C22H22Cl2N4O/c1-2-20-22(29-19-10-17(23)9-18(24)11-19)21-14-27(7-8-28(21)26-20)13-16-5-3-15(12-25)4-6-16/h3-6,9-10,18H,2,7-8,11,13-14H2,1H3. The minimum absolute atomic E-state index is 0.160. The molecule has 0 N–H and O–H groups in total. The van der Waals surface area contributed by atoms with Crippen LogP contribution in [-0.2, 0) is 26.1 Å². The van der Waals surface area contributed by atoms with Crippen molar-refractivity contribution < 1.29 is 4.74 Å². The summed E-state index contributed by atoms with van der Waals surface area (Å²) in [5, 5.41) is 14.2. The minimum atomic E-state index is -0.160. The number of benzene rings is 1. The number of nitriles is 1. The SMILES string of the molecule is CCc1nn2c(c1OC1=CC(Cl)=CC(Cl)C1)CN(Cc1ccc(C#N)cc1)CC2. The normalized spacial score (nSPS) is 19.2. The first-order chi connectivity index (χ1) is 14.1. The molecule has 0 saturated heterocycles. The second-order valence-corrected chi connectivity index (χ2v) is 8.30. The van der Waals surface area contributed by atoms with Crippen LogP contribution in [0.3, 0.4) is 0 Å². The third kappa shape index (κ3) is 4.51. The van der Waals surface area contributed by atoms with E-state index in [0.29, 0.717) is 17.0 Å². The van der Waals surface area contributed by atoms with E-state index in [1.54, 1.807) is 0 Å². The summed E-state index contributed by atoms with van der Waals surface area (Å²) in [6.07, 6.45) is 5.07. The highest BCUT2D eigenvalue weighted by molar-refractivity contribution is 6.32. The van der Waals surface area contributed by atoms with Crippen molar-refractivity contribution in [2.45, 2.75) is 44.8 Å². The van der Waals surface area contributed by atoms with E-state index in [0.717, 1.165) is 55.5 Å². The Hall–Kier alpha value is -2.26. The van der Waals surface area contributed by atoms with E-state index in [2.05, 4.69) is 22.6 Å². The van der Waals surface area contributed by atoms with E-state index >= 15 is 0 Å². The molecule has 1 aliphatic heterocycles. The molecule has 7 heteroatoms. The van der Waals surface area contributed by atoms with Gasteiger partial charge in [0.2, 0.25) is 0 Å². The summed E-state index contributed by atoms with van der Waals surface area (Å²) in [5.74, 6) is 1.60. The van der Waals surface area contributed by atoms with E-state index in [4.69, 9.17) is 38.3 Å². The predicted molar refractivity (Wildman–Crippen MR) is 114 cm³/mol. The van der Waals surface area contributed by atoms with Gasteiger partial charge in [-0.3, -0.25) is 9.58 Å². The Labute approximate surface area is 180 Å². The van der Waals surface area contributed by atoms with Crippen LogP contribution < -0.4 is 4.74 Å². The van der Waals surface area contributed by atoms with Crippen LogP contribution in [0.2, 0.25) is 0 Å². The number of rotatable bonds is 5. The van der Waals surface area contributed by atoms with Crippen LogP contribution in [0.15, 0.2) is 47.2 Å². The van der Waals surface area contributed by atoms with Crippen LogP contribution in [0.25, 0.3) is 0 Å². The van der Waals surface area contributed by atoms with Gasteiger partial charge in [0, 0.05) is 31.1 Å². The summed E-state index contributed by atoms with van der Waals surface area (Å²) in [5.41, 5.74) is 3.91. The summed E-state index contributed by atoms with van der Waals surface area (Å²) in [7, 11) is 0. The smallest absolute Gasteiger partial charge is 0.172 e. The summed E-state index contributed by atoms with van der Waals surface area (Å²) < 4.78 is 8.35. The Balaban J connectivity index is 1.54. The third-order valence-electron chi connectivity index (χ3n) is 5.17. The molecule has 5 nitrogen and oxygen atoms in total. The lowest BCUT2D eigenvalue weighted by molar-refractivity contribution is 0.201. The maximum atomic E-state index is 8.97. The van der Waals surface area contributed by atoms with Gasteiger partial charge in [-0.15, -0.1) is 11.6 Å². The Kier molecular flexibility index (Phi) is 5.96. The van der Waals surface area contributed by atoms with E-state index < -0.39 is 0 Å². The van der Waals surface area contributed by atoms with Gasteiger partial charge in [-0.25, -0.2) is 0 Å². The molecule has 0 amide bonds. The highest BCUT2D eigenvalue weighted by atomic mass is 35.5. The molecule has 0 spiro atoms. The fraction of sp³-hybridized carbons (Fsp3) is 0.364. The van der Waals surface area contributed by atoms with Gasteiger partial charge >= 0.3 is 0 Å². The van der Waals surface area contributed by atoms with Crippen LogP contribution in [0.5, 0.6) is 5.75 Å². The maximum absolute atomic E-state index is 8.97. The van der Waals surface area contributed by atoms with Crippen molar-refractivity contribution >= 4 is 23.2 Å². The molecular weight excluding hydrogens is 407 g/mol. The molecule has 2 aliphatic rings. The first kappa shape index (κ1) is 20.0.